The van der Waals surface area contributed by atoms with Gasteiger partial charge < -0.3 is 5.11 Å². The van der Waals surface area contributed by atoms with Gasteiger partial charge in [0, 0.05) is 17.2 Å². The van der Waals surface area contributed by atoms with E-state index in [1.807, 2.05) is 18.2 Å². The molecule has 2 heteroatoms. The summed E-state index contributed by atoms with van der Waals surface area (Å²) in [5, 5.41) is 10.1. The molecule has 120 valence electrons. The van der Waals surface area contributed by atoms with Crippen molar-refractivity contribution in [2.24, 2.45) is 17.3 Å². The van der Waals surface area contributed by atoms with E-state index in [-0.39, 0.29) is 0 Å². The summed E-state index contributed by atoms with van der Waals surface area (Å²) in [6.07, 6.45) is 1.31. The van der Waals surface area contributed by atoms with Crippen LogP contribution in [0.4, 0.5) is 0 Å². The Balaban J connectivity index is 1.86. The zero-order valence-corrected chi connectivity index (χ0v) is 14.4. The second kappa shape index (κ2) is 4.83. The van der Waals surface area contributed by atoms with Gasteiger partial charge in [0.2, 0.25) is 0 Å². The largest absolute Gasteiger partial charge is 0.507 e. The van der Waals surface area contributed by atoms with Crippen LogP contribution in [0.2, 0.25) is 0 Å². The van der Waals surface area contributed by atoms with Crippen molar-refractivity contribution >= 4 is 0 Å². The van der Waals surface area contributed by atoms with Crippen LogP contribution in [0.25, 0.3) is 11.3 Å². The first-order chi connectivity index (χ1) is 10.9. The quantitative estimate of drug-likeness (QED) is 0.812. The van der Waals surface area contributed by atoms with Crippen LogP contribution in [0.1, 0.15) is 57.2 Å². The highest BCUT2D eigenvalue weighted by atomic mass is 16.3. The van der Waals surface area contributed by atoms with Crippen LogP contribution < -0.4 is 0 Å². The lowest BCUT2D eigenvalue weighted by molar-refractivity contribution is -0.0198. The fraction of sp³-hybridized carbons (Fsp3) is 0.476. The molecular formula is C21H25NO. The van der Waals surface area contributed by atoms with Gasteiger partial charge >= 0.3 is 0 Å². The molecule has 3 atom stereocenters. The molecule has 3 aliphatic carbocycles. The molecule has 2 nitrogen and oxygen atoms in total. The molecule has 0 radical (unpaired) electrons. The van der Waals surface area contributed by atoms with E-state index in [9.17, 15) is 5.11 Å². The Hall–Kier alpha value is -1.83. The smallest absolute Gasteiger partial charge is 0.124 e. The maximum absolute atomic E-state index is 10.1. The Kier molecular flexibility index (Phi) is 3.10. The SMILES string of the molecule is CC(C)[C@H]1c2nc(-c3ccccc3O)ccc2[C@H]2C[C@@H]1C2(C)C. The summed E-state index contributed by atoms with van der Waals surface area (Å²) in [7, 11) is 0. The zero-order valence-electron chi connectivity index (χ0n) is 14.4. The Morgan fingerprint density at radius 3 is 2.52 bits per heavy atom. The Morgan fingerprint density at radius 1 is 1.13 bits per heavy atom. The zero-order chi connectivity index (χ0) is 16.4. The number of benzene rings is 1. The highest BCUT2D eigenvalue weighted by Gasteiger charge is 2.57. The molecule has 1 aromatic carbocycles. The standard InChI is InChI=1S/C21H25NO/c1-12(2)19-16-11-15(21(16,3)4)13-9-10-17(22-20(13)19)14-7-5-6-8-18(14)23/h5-10,12,15-16,19,23H,11H2,1-4H3/t15-,16+,19-/m1/s1. The normalized spacial score (nSPS) is 27.4. The summed E-state index contributed by atoms with van der Waals surface area (Å²) >= 11 is 0. The van der Waals surface area contributed by atoms with E-state index in [0.717, 1.165) is 17.2 Å². The van der Waals surface area contributed by atoms with Gasteiger partial charge in [-0.05, 0) is 53.4 Å². The molecule has 0 spiro atoms. The Labute approximate surface area is 138 Å². The fourth-order valence-electron chi connectivity index (χ4n) is 4.95. The molecule has 1 fully saturated rings. The molecule has 5 rings (SSSR count). The Bertz CT molecular complexity index is 762. The highest BCUT2D eigenvalue weighted by Crippen LogP contribution is 2.67. The van der Waals surface area contributed by atoms with Gasteiger partial charge in [0.1, 0.15) is 5.75 Å². The molecule has 2 aromatic rings. The number of hydrogen-bond acceptors (Lipinski definition) is 2. The molecule has 3 aliphatic rings. The number of rotatable bonds is 2. The lowest BCUT2D eigenvalue weighted by atomic mass is 9.43. The minimum absolute atomic E-state index is 0.308. The summed E-state index contributed by atoms with van der Waals surface area (Å²) in [5.41, 5.74) is 4.83. The first-order valence-electron chi connectivity index (χ1n) is 8.70. The third-order valence-corrected chi connectivity index (χ3v) is 6.32. The number of aromatic nitrogens is 1. The van der Waals surface area contributed by atoms with Gasteiger partial charge in [0.25, 0.3) is 0 Å². The monoisotopic (exact) mass is 307 g/mol. The van der Waals surface area contributed by atoms with E-state index in [4.69, 9.17) is 4.98 Å². The fourth-order valence-corrected chi connectivity index (χ4v) is 4.95. The second-order valence-corrected chi connectivity index (χ2v) is 8.17. The molecule has 0 unspecified atom stereocenters. The van der Waals surface area contributed by atoms with Gasteiger partial charge in [-0.2, -0.15) is 0 Å². The first-order valence-corrected chi connectivity index (χ1v) is 8.70. The predicted molar refractivity (Wildman–Crippen MR) is 93.5 cm³/mol. The van der Waals surface area contributed by atoms with Crippen LogP contribution >= 0.6 is 0 Å². The van der Waals surface area contributed by atoms with Crippen LogP contribution in [0.5, 0.6) is 5.75 Å². The maximum atomic E-state index is 10.1. The van der Waals surface area contributed by atoms with Crippen LogP contribution in [-0.4, -0.2) is 10.1 Å². The average molecular weight is 307 g/mol. The van der Waals surface area contributed by atoms with Gasteiger partial charge in [-0.3, -0.25) is 4.98 Å². The summed E-state index contributed by atoms with van der Waals surface area (Å²) in [4.78, 5) is 5.03. The summed E-state index contributed by atoms with van der Waals surface area (Å²) in [6, 6.07) is 11.8. The first kappa shape index (κ1) is 14.7. The van der Waals surface area contributed by atoms with E-state index < -0.39 is 0 Å². The molecule has 0 saturated heterocycles. The van der Waals surface area contributed by atoms with Crippen molar-refractivity contribution < 1.29 is 5.11 Å². The molecule has 0 aliphatic heterocycles. The molecule has 0 amide bonds. The summed E-state index contributed by atoms with van der Waals surface area (Å²) < 4.78 is 0. The lowest BCUT2D eigenvalue weighted by Crippen LogP contribution is -2.51. The minimum Gasteiger partial charge on any atom is -0.507 e. The number of phenols is 1. The lowest BCUT2D eigenvalue weighted by Gasteiger charge is -2.61. The molecule has 1 aromatic heterocycles. The topological polar surface area (TPSA) is 33.1 Å². The van der Waals surface area contributed by atoms with Gasteiger partial charge in [-0.15, -0.1) is 0 Å². The van der Waals surface area contributed by atoms with Crippen molar-refractivity contribution in [1.29, 1.82) is 0 Å². The highest BCUT2D eigenvalue weighted by molar-refractivity contribution is 5.67. The van der Waals surface area contributed by atoms with Crippen LogP contribution in [-0.2, 0) is 0 Å². The van der Waals surface area contributed by atoms with Crippen molar-refractivity contribution in [2.75, 3.05) is 0 Å². The van der Waals surface area contributed by atoms with Crippen LogP contribution in [0.3, 0.4) is 0 Å². The summed E-state index contributed by atoms with van der Waals surface area (Å²) in [5.74, 6) is 2.79. The molecular weight excluding hydrogens is 282 g/mol. The number of aromatic hydroxyl groups is 1. The third kappa shape index (κ3) is 1.97. The number of hydrogen-bond donors (Lipinski definition) is 1. The van der Waals surface area contributed by atoms with E-state index in [2.05, 4.69) is 39.8 Å². The molecule has 1 saturated carbocycles. The van der Waals surface area contributed by atoms with E-state index in [0.29, 0.717) is 28.9 Å². The third-order valence-electron chi connectivity index (χ3n) is 6.32. The van der Waals surface area contributed by atoms with Gasteiger partial charge in [0.15, 0.2) is 0 Å². The molecule has 23 heavy (non-hydrogen) atoms. The minimum atomic E-state index is 0.308. The molecule has 1 heterocycles. The van der Waals surface area contributed by atoms with Crippen LogP contribution in [0, 0.1) is 17.3 Å². The van der Waals surface area contributed by atoms with Crippen LogP contribution in [0.15, 0.2) is 36.4 Å². The van der Waals surface area contributed by atoms with Gasteiger partial charge in [-0.25, -0.2) is 0 Å². The number of para-hydroxylation sites is 1. The molecule has 1 N–H and O–H groups in total. The van der Waals surface area contributed by atoms with E-state index in [1.165, 1.54) is 17.7 Å². The van der Waals surface area contributed by atoms with Crippen molar-refractivity contribution in [1.82, 2.24) is 4.98 Å². The average Bonchev–Trinajstić information content (AvgIpc) is 2.53. The number of phenolic OH excluding ortho intramolecular Hbond substituents is 1. The summed E-state index contributed by atoms with van der Waals surface area (Å²) in [6.45, 7) is 9.47. The predicted octanol–water partition coefficient (Wildman–Crippen LogP) is 5.34. The van der Waals surface area contributed by atoms with Gasteiger partial charge in [0.05, 0.1) is 5.69 Å². The molecule has 2 bridgehead atoms. The second-order valence-electron chi connectivity index (χ2n) is 8.17. The van der Waals surface area contributed by atoms with Crippen molar-refractivity contribution in [3.8, 4) is 17.0 Å². The van der Waals surface area contributed by atoms with E-state index in [1.54, 1.807) is 6.07 Å². The number of nitrogens with zero attached hydrogens (tertiary/aromatic N) is 1. The van der Waals surface area contributed by atoms with Crippen molar-refractivity contribution in [2.45, 2.75) is 46.0 Å². The van der Waals surface area contributed by atoms with E-state index >= 15 is 0 Å². The Morgan fingerprint density at radius 2 is 1.87 bits per heavy atom. The number of pyridine rings is 1. The van der Waals surface area contributed by atoms with Gasteiger partial charge in [-0.1, -0.05) is 45.9 Å². The van der Waals surface area contributed by atoms with Crippen molar-refractivity contribution in [3.63, 3.8) is 0 Å². The maximum Gasteiger partial charge on any atom is 0.124 e. The van der Waals surface area contributed by atoms with Crippen molar-refractivity contribution in [3.05, 3.63) is 47.7 Å².